The van der Waals surface area contributed by atoms with E-state index in [-0.39, 0.29) is 4.75 Å². The highest BCUT2D eigenvalue weighted by atomic mass is 32.2. The summed E-state index contributed by atoms with van der Waals surface area (Å²) >= 11 is 1.87. The molecule has 0 aromatic rings. The third-order valence-electron chi connectivity index (χ3n) is 4.78. The number of hydrogen-bond acceptors (Lipinski definition) is 4. The zero-order valence-electron chi connectivity index (χ0n) is 15.8. The largest absolute Gasteiger partial charge is 0.376 e. The Morgan fingerprint density at radius 2 is 2.08 bits per heavy atom. The zero-order chi connectivity index (χ0) is 17.4. The van der Waals surface area contributed by atoms with Gasteiger partial charge in [0.05, 0.1) is 25.4 Å². The minimum absolute atomic E-state index is 0.184. The number of aliphatic imine (C=N–C) groups is 1. The smallest absolute Gasteiger partial charge is 0.193 e. The molecule has 0 bridgehead atoms. The zero-order valence-corrected chi connectivity index (χ0v) is 16.7. The number of nitrogens with zero attached hydrogens (tertiary/aromatic N) is 2. The topological polar surface area (TPSA) is 46.1 Å². The fraction of sp³-hybridized carbons (Fsp3) is 0.944. The van der Waals surface area contributed by atoms with Crippen LogP contribution in [0.4, 0.5) is 0 Å². The number of ether oxygens (including phenoxy) is 2. The summed E-state index contributed by atoms with van der Waals surface area (Å²) in [5, 5.41) is 3.45. The number of piperidine rings is 1. The molecule has 0 aromatic heterocycles. The summed E-state index contributed by atoms with van der Waals surface area (Å²) in [4.78, 5) is 7.24. The Labute approximate surface area is 151 Å². The number of nitrogens with one attached hydrogen (secondary N) is 1. The van der Waals surface area contributed by atoms with Crippen LogP contribution in [0.15, 0.2) is 4.99 Å². The highest BCUT2D eigenvalue weighted by Crippen LogP contribution is 2.22. The van der Waals surface area contributed by atoms with Gasteiger partial charge in [0.2, 0.25) is 0 Å². The first-order valence-corrected chi connectivity index (χ1v) is 10.6. The molecule has 2 fully saturated rings. The Balaban J connectivity index is 1.77. The summed E-state index contributed by atoms with van der Waals surface area (Å²) in [6.07, 6.45) is 7.33. The monoisotopic (exact) mass is 357 g/mol. The molecule has 2 rings (SSSR count). The van der Waals surface area contributed by atoms with Crippen molar-refractivity contribution < 1.29 is 9.47 Å². The van der Waals surface area contributed by atoms with Crippen molar-refractivity contribution in [2.24, 2.45) is 4.99 Å². The van der Waals surface area contributed by atoms with E-state index in [1.54, 1.807) is 0 Å². The summed E-state index contributed by atoms with van der Waals surface area (Å²) in [6.45, 7) is 12.1. The van der Waals surface area contributed by atoms with E-state index in [4.69, 9.17) is 14.5 Å². The number of guanidine groups is 1. The molecule has 5 nitrogen and oxygen atoms in total. The standard InChI is InChI=1S/C18H35N3O2S/c1-5-19-17(20-14-18(2,3)24-4)21-10-8-15(9-11-21)23-13-16-7-6-12-22-16/h15-16H,5-14H2,1-4H3,(H,19,20). The normalized spacial score (nSPS) is 23.8. The van der Waals surface area contributed by atoms with E-state index in [9.17, 15) is 0 Å². The molecule has 6 heteroatoms. The molecular weight excluding hydrogens is 322 g/mol. The van der Waals surface area contributed by atoms with E-state index in [0.717, 1.165) is 64.6 Å². The molecule has 2 saturated heterocycles. The minimum atomic E-state index is 0.184. The quantitative estimate of drug-likeness (QED) is 0.561. The maximum absolute atomic E-state index is 6.07. The van der Waals surface area contributed by atoms with Crippen molar-refractivity contribution in [2.75, 3.05) is 45.6 Å². The van der Waals surface area contributed by atoms with Crippen LogP contribution in [0.1, 0.15) is 46.5 Å². The van der Waals surface area contributed by atoms with Gasteiger partial charge >= 0.3 is 0 Å². The van der Waals surface area contributed by atoms with Crippen LogP contribution in [0.3, 0.4) is 0 Å². The van der Waals surface area contributed by atoms with Gasteiger partial charge in [0.15, 0.2) is 5.96 Å². The van der Waals surface area contributed by atoms with Crippen molar-refractivity contribution in [1.29, 1.82) is 0 Å². The molecule has 24 heavy (non-hydrogen) atoms. The van der Waals surface area contributed by atoms with Crippen LogP contribution in [0.25, 0.3) is 0 Å². The van der Waals surface area contributed by atoms with Crippen LogP contribution in [0.5, 0.6) is 0 Å². The number of likely N-dealkylation sites (tertiary alicyclic amines) is 1. The minimum Gasteiger partial charge on any atom is -0.376 e. The maximum Gasteiger partial charge on any atom is 0.193 e. The predicted octanol–water partition coefficient (Wildman–Crippen LogP) is 2.75. The summed E-state index contributed by atoms with van der Waals surface area (Å²) < 4.78 is 11.9. The van der Waals surface area contributed by atoms with Crippen LogP contribution in [0, 0.1) is 0 Å². The fourth-order valence-electron chi connectivity index (χ4n) is 3.01. The SMILES string of the molecule is CCNC(=NCC(C)(C)SC)N1CCC(OCC2CCCO2)CC1. The van der Waals surface area contributed by atoms with Crippen LogP contribution < -0.4 is 5.32 Å². The van der Waals surface area contributed by atoms with Crippen molar-refractivity contribution in [3.05, 3.63) is 0 Å². The molecule has 1 atom stereocenters. The third kappa shape index (κ3) is 6.45. The molecule has 1 N–H and O–H groups in total. The highest BCUT2D eigenvalue weighted by Gasteiger charge is 2.24. The van der Waals surface area contributed by atoms with E-state index in [1.165, 1.54) is 6.42 Å². The molecule has 0 saturated carbocycles. The molecule has 2 aliphatic heterocycles. The van der Waals surface area contributed by atoms with Crippen molar-refractivity contribution in [2.45, 2.75) is 63.4 Å². The second-order valence-corrected chi connectivity index (χ2v) is 8.80. The Bertz CT molecular complexity index is 390. The molecule has 140 valence electrons. The molecule has 0 spiro atoms. The van der Waals surface area contributed by atoms with Crippen LogP contribution in [-0.4, -0.2) is 73.5 Å². The Morgan fingerprint density at radius 3 is 2.67 bits per heavy atom. The summed E-state index contributed by atoms with van der Waals surface area (Å²) in [7, 11) is 0. The first-order valence-electron chi connectivity index (χ1n) is 9.35. The first-order chi connectivity index (χ1) is 11.5. The van der Waals surface area contributed by atoms with E-state index < -0.39 is 0 Å². The van der Waals surface area contributed by atoms with Crippen molar-refractivity contribution in [3.63, 3.8) is 0 Å². The molecule has 0 amide bonds. The van der Waals surface area contributed by atoms with Crippen LogP contribution in [-0.2, 0) is 9.47 Å². The van der Waals surface area contributed by atoms with Gasteiger partial charge in [-0.2, -0.15) is 11.8 Å². The summed E-state index contributed by atoms with van der Waals surface area (Å²) in [6, 6.07) is 0. The fourth-order valence-corrected chi connectivity index (χ4v) is 3.20. The first kappa shape index (κ1) is 19.9. The van der Waals surface area contributed by atoms with E-state index in [1.807, 2.05) is 11.8 Å². The van der Waals surface area contributed by atoms with E-state index in [0.29, 0.717) is 12.2 Å². The van der Waals surface area contributed by atoms with Gasteiger partial charge in [0.1, 0.15) is 0 Å². The van der Waals surface area contributed by atoms with Gasteiger partial charge < -0.3 is 19.7 Å². The van der Waals surface area contributed by atoms with Gasteiger partial charge in [-0.25, -0.2) is 0 Å². The highest BCUT2D eigenvalue weighted by molar-refractivity contribution is 7.99. The maximum atomic E-state index is 6.07. The number of rotatable bonds is 7. The number of hydrogen-bond donors (Lipinski definition) is 1. The average molecular weight is 358 g/mol. The van der Waals surface area contributed by atoms with Gasteiger partial charge in [-0.15, -0.1) is 0 Å². The molecule has 1 unspecified atom stereocenters. The van der Waals surface area contributed by atoms with Gasteiger partial charge in [-0.05, 0) is 52.7 Å². The Kier molecular flexibility index (Phi) is 8.17. The van der Waals surface area contributed by atoms with Gasteiger partial charge in [0.25, 0.3) is 0 Å². The molecule has 2 heterocycles. The predicted molar refractivity (Wildman–Crippen MR) is 103 cm³/mol. The molecule has 2 aliphatic rings. The van der Waals surface area contributed by atoms with Gasteiger partial charge in [0, 0.05) is 31.0 Å². The average Bonchev–Trinajstić information content (AvgIpc) is 3.11. The lowest BCUT2D eigenvalue weighted by atomic mass is 10.1. The van der Waals surface area contributed by atoms with Gasteiger partial charge in [-0.1, -0.05) is 0 Å². The van der Waals surface area contributed by atoms with Crippen molar-refractivity contribution in [1.82, 2.24) is 10.2 Å². The third-order valence-corrected chi connectivity index (χ3v) is 6.01. The van der Waals surface area contributed by atoms with Crippen molar-refractivity contribution in [3.8, 4) is 0 Å². The summed E-state index contributed by atoms with van der Waals surface area (Å²) in [5.41, 5.74) is 0. The molecule has 0 aliphatic carbocycles. The van der Waals surface area contributed by atoms with Crippen molar-refractivity contribution >= 4 is 17.7 Å². The lowest BCUT2D eigenvalue weighted by molar-refractivity contribution is -0.0367. The summed E-state index contributed by atoms with van der Waals surface area (Å²) in [5.74, 6) is 1.05. The van der Waals surface area contributed by atoms with Gasteiger partial charge in [-0.3, -0.25) is 4.99 Å². The Hall–Kier alpha value is -0.460. The molecule has 0 aromatic carbocycles. The second-order valence-electron chi connectivity index (χ2n) is 7.29. The van der Waals surface area contributed by atoms with E-state index >= 15 is 0 Å². The lowest BCUT2D eigenvalue weighted by Gasteiger charge is -2.35. The Morgan fingerprint density at radius 1 is 1.33 bits per heavy atom. The molecular formula is C18H35N3O2S. The second kappa shape index (κ2) is 9.88. The lowest BCUT2D eigenvalue weighted by Crippen LogP contribution is -2.47. The van der Waals surface area contributed by atoms with E-state index in [2.05, 4.69) is 37.2 Å². The number of thioether (sulfide) groups is 1. The van der Waals surface area contributed by atoms with Crippen LogP contribution in [0.2, 0.25) is 0 Å². The van der Waals surface area contributed by atoms with Crippen LogP contribution >= 0.6 is 11.8 Å². The molecule has 0 radical (unpaired) electrons.